The number of sulfonamides is 1. The smallest absolute Gasteiger partial charge is 0.241 e. The number of hydrogen-bond acceptors (Lipinski definition) is 3. The van der Waals surface area contributed by atoms with E-state index in [0.29, 0.717) is 11.4 Å². The molecule has 0 saturated carbocycles. The SMILES string of the molecule is Cc1ccc(S(=O)(=O)NCc2ccccc2N2CCCC2)c(C)c1. The Morgan fingerprint density at radius 1 is 1.04 bits per heavy atom. The Kier molecular flexibility index (Phi) is 4.92. The third-order valence-electron chi connectivity index (χ3n) is 4.51. The highest BCUT2D eigenvalue weighted by molar-refractivity contribution is 7.89. The standard InChI is InChI=1S/C19H24N2O2S/c1-15-9-10-19(16(2)13-15)24(22,23)20-14-17-7-3-4-8-18(17)21-11-5-6-12-21/h3-4,7-10,13,20H,5-6,11-12,14H2,1-2H3. The molecule has 1 aliphatic rings. The molecule has 0 aromatic heterocycles. The minimum absolute atomic E-state index is 0.308. The Morgan fingerprint density at radius 2 is 1.75 bits per heavy atom. The van der Waals surface area contributed by atoms with Gasteiger partial charge in [-0.3, -0.25) is 0 Å². The molecule has 2 aromatic rings. The molecule has 0 bridgehead atoms. The van der Waals surface area contributed by atoms with E-state index in [1.54, 1.807) is 6.07 Å². The van der Waals surface area contributed by atoms with Crippen LogP contribution >= 0.6 is 0 Å². The van der Waals surface area contributed by atoms with Gasteiger partial charge < -0.3 is 4.90 Å². The molecule has 5 heteroatoms. The number of nitrogens with zero attached hydrogens (tertiary/aromatic N) is 1. The normalized spacial score (nSPS) is 15.0. The molecule has 4 nitrogen and oxygen atoms in total. The largest absolute Gasteiger partial charge is 0.371 e. The van der Waals surface area contributed by atoms with Crippen molar-refractivity contribution in [2.45, 2.75) is 38.1 Å². The summed E-state index contributed by atoms with van der Waals surface area (Å²) in [6, 6.07) is 13.5. The van der Waals surface area contributed by atoms with Crippen LogP contribution in [0, 0.1) is 13.8 Å². The summed E-state index contributed by atoms with van der Waals surface area (Å²) < 4.78 is 28.1. The van der Waals surface area contributed by atoms with Gasteiger partial charge in [-0.2, -0.15) is 0 Å². The second-order valence-electron chi connectivity index (χ2n) is 6.42. The van der Waals surface area contributed by atoms with E-state index in [0.717, 1.165) is 35.5 Å². The highest BCUT2D eigenvalue weighted by Crippen LogP contribution is 2.25. The van der Waals surface area contributed by atoms with E-state index in [2.05, 4.69) is 15.7 Å². The minimum Gasteiger partial charge on any atom is -0.371 e. The summed E-state index contributed by atoms with van der Waals surface area (Å²) in [4.78, 5) is 2.69. The fourth-order valence-electron chi connectivity index (χ4n) is 3.28. The Balaban J connectivity index is 1.80. The average Bonchev–Trinajstić information content (AvgIpc) is 3.07. The van der Waals surface area contributed by atoms with E-state index >= 15 is 0 Å². The van der Waals surface area contributed by atoms with Crippen molar-refractivity contribution < 1.29 is 8.42 Å². The topological polar surface area (TPSA) is 49.4 Å². The van der Waals surface area contributed by atoms with Gasteiger partial charge in [0.1, 0.15) is 0 Å². The molecular formula is C19H24N2O2S. The monoisotopic (exact) mass is 344 g/mol. The van der Waals surface area contributed by atoms with Crippen molar-refractivity contribution in [2.24, 2.45) is 0 Å². The van der Waals surface area contributed by atoms with Gasteiger partial charge >= 0.3 is 0 Å². The molecule has 3 rings (SSSR count). The van der Waals surface area contributed by atoms with Gasteiger partial charge in [-0.1, -0.05) is 35.9 Å². The van der Waals surface area contributed by atoms with Gasteiger partial charge in [0.25, 0.3) is 0 Å². The number of rotatable bonds is 5. The minimum atomic E-state index is -3.51. The third-order valence-corrected chi connectivity index (χ3v) is 6.07. The van der Waals surface area contributed by atoms with Gasteiger partial charge in [0.15, 0.2) is 0 Å². The molecule has 0 radical (unpaired) electrons. The number of para-hydroxylation sites is 1. The maximum Gasteiger partial charge on any atom is 0.241 e. The van der Waals surface area contributed by atoms with Crippen LogP contribution in [0.2, 0.25) is 0 Å². The first kappa shape index (κ1) is 17.0. The van der Waals surface area contributed by atoms with E-state index in [9.17, 15) is 8.42 Å². The zero-order valence-electron chi connectivity index (χ0n) is 14.2. The second kappa shape index (κ2) is 6.95. The summed E-state index contributed by atoms with van der Waals surface area (Å²) >= 11 is 0. The summed E-state index contributed by atoms with van der Waals surface area (Å²) in [5, 5.41) is 0. The highest BCUT2D eigenvalue weighted by Gasteiger charge is 2.19. The van der Waals surface area contributed by atoms with Gasteiger partial charge in [-0.15, -0.1) is 0 Å². The molecule has 0 spiro atoms. The number of aryl methyl sites for hydroxylation is 2. The number of anilines is 1. The molecule has 0 aliphatic carbocycles. The van der Waals surface area contributed by atoms with Crippen molar-refractivity contribution >= 4 is 15.7 Å². The summed E-state index contributed by atoms with van der Waals surface area (Å²) in [7, 11) is -3.51. The lowest BCUT2D eigenvalue weighted by atomic mass is 10.1. The lowest BCUT2D eigenvalue weighted by Gasteiger charge is -2.21. The molecule has 2 aromatic carbocycles. The second-order valence-corrected chi connectivity index (χ2v) is 8.15. The van der Waals surface area contributed by atoms with Crippen LogP contribution in [0.4, 0.5) is 5.69 Å². The van der Waals surface area contributed by atoms with Crippen LogP contribution in [0.15, 0.2) is 47.4 Å². The zero-order chi connectivity index (χ0) is 17.2. The summed E-state index contributed by atoms with van der Waals surface area (Å²) in [6.45, 7) is 6.19. The first-order valence-electron chi connectivity index (χ1n) is 8.37. The van der Waals surface area contributed by atoms with Crippen molar-refractivity contribution in [2.75, 3.05) is 18.0 Å². The molecule has 1 saturated heterocycles. The number of benzene rings is 2. The molecule has 1 aliphatic heterocycles. The van der Waals surface area contributed by atoms with Crippen molar-refractivity contribution in [1.82, 2.24) is 4.72 Å². The Labute approximate surface area is 144 Å². The van der Waals surface area contributed by atoms with Crippen LogP contribution in [-0.2, 0) is 16.6 Å². The maximum atomic E-state index is 12.6. The lowest BCUT2D eigenvalue weighted by molar-refractivity contribution is 0.580. The van der Waals surface area contributed by atoms with Crippen LogP contribution in [0.5, 0.6) is 0 Å². The molecule has 1 heterocycles. The molecule has 1 N–H and O–H groups in total. The summed E-state index contributed by atoms with van der Waals surface area (Å²) in [5.74, 6) is 0. The van der Waals surface area contributed by atoms with Crippen molar-refractivity contribution in [3.63, 3.8) is 0 Å². The third kappa shape index (κ3) is 3.62. The fraction of sp³-hybridized carbons (Fsp3) is 0.368. The molecular weight excluding hydrogens is 320 g/mol. The lowest BCUT2D eigenvalue weighted by Crippen LogP contribution is -2.26. The van der Waals surface area contributed by atoms with Crippen LogP contribution in [0.25, 0.3) is 0 Å². The molecule has 128 valence electrons. The van der Waals surface area contributed by atoms with E-state index < -0.39 is 10.0 Å². The highest BCUT2D eigenvalue weighted by atomic mass is 32.2. The maximum absolute atomic E-state index is 12.6. The van der Waals surface area contributed by atoms with Gasteiger partial charge in [0, 0.05) is 25.3 Å². The van der Waals surface area contributed by atoms with Gasteiger partial charge in [-0.05, 0) is 49.9 Å². The van der Waals surface area contributed by atoms with Gasteiger partial charge in [0.2, 0.25) is 10.0 Å². The first-order valence-corrected chi connectivity index (χ1v) is 9.85. The number of nitrogens with one attached hydrogen (secondary N) is 1. The quantitative estimate of drug-likeness (QED) is 0.904. The number of hydrogen-bond donors (Lipinski definition) is 1. The van der Waals surface area contributed by atoms with Gasteiger partial charge in [0.05, 0.1) is 4.90 Å². The molecule has 0 atom stereocenters. The Hall–Kier alpha value is -1.85. The molecule has 1 fully saturated rings. The Bertz CT molecular complexity index is 825. The average molecular weight is 344 g/mol. The van der Waals surface area contributed by atoms with Crippen LogP contribution in [-0.4, -0.2) is 21.5 Å². The van der Waals surface area contributed by atoms with Gasteiger partial charge in [-0.25, -0.2) is 13.1 Å². The van der Waals surface area contributed by atoms with Crippen LogP contribution < -0.4 is 9.62 Å². The predicted molar refractivity (Wildman–Crippen MR) is 97.8 cm³/mol. The van der Waals surface area contributed by atoms with E-state index in [1.807, 2.05) is 44.2 Å². The van der Waals surface area contributed by atoms with E-state index in [1.165, 1.54) is 12.8 Å². The molecule has 0 unspecified atom stereocenters. The van der Waals surface area contributed by atoms with Crippen LogP contribution in [0.1, 0.15) is 29.5 Å². The fourth-order valence-corrected chi connectivity index (χ4v) is 4.51. The first-order chi connectivity index (χ1) is 11.5. The van der Waals surface area contributed by atoms with E-state index in [-0.39, 0.29) is 0 Å². The molecule has 0 amide bonds. The van der Waals surface area contributed by atoms with Crippen molar-refractivity contribution in [1.29, 1.82) is 0 Å². The van der Waals surface area contributed by atoms with Crippen LogP contribution in [0.3, 0.4) is 0 Å². The Morgan fingerprint density at radius 3 is 2.46 bits per heavy atom. The summed E-state index contributed by atoms with van der Waals surface area (Å²) in [5.41, 5.74) is 3.99. The predicted octanol–water partition coefficient (Wildman–Crippen LogP) is 3.38. The van der Waals surface area contributed by atoms with Crippen molar-refractivity contribution in [3.05, 3.63) is 59.2 Å². The zero-order valence-corrected chi connectivity index (χ0v) is 15.1. The molecule has 24 heavy (non-hydrogen) atoms. The van der Waals surface area contributed by atoms with Crippen molar-refractivity contribution in [3.8, 4) is 0 Å². The van der Waals surface area contributed by atoms with E-state index in [4.69, 9.17) is 0 Å². The summed E-state index contributed by atoms with van der Waals surface area (Å²) in [6.07, 6.45) is 2.39.